The van der Waals surface area contributed by atoms with Gasteiger partial charge in [0.1, 0.15) is 0 Å². The maximum Gasteiger partial charge on any atom is 0.0159 e. The third-order valence-corrected chi connectivity index (χ3v) is 4.06. The molecule has 2 unspecified atom stereocenters. The Labute approximate surface area is 82.1 Å². The van der Waals surface area contributed by atoms with Gasteiger partial charge in [-0.2, -0.15) is 0 Å². The fourth-order valence-electron chi connectivity index (χ4n) is 3.41. The zero-order valence-electron chi connectivity index (χ0n) is 8.89. The molecule has 0 aromatic heterocycles. The van der Waals surface area contributed by atoms with E-state index < -0.39 is 0 Å². The lowest BCUT2D eigenvalue weighted by Gasteiger charge is -2.27. The van der Waals surface area contributed by atoms with Crippen molar-refractivity contribution < 1.29 is 0 Å². The Balaban J connectivity index is 1.85. The molecular weight excluding hydrogens is 158 g/mol. The molecule has 0 spiro atoms. The van der Waals surface area contributed by atoms with Crippen molar-refractivity contribution in [1.82, 2.24) is 0 Å². The molecule has 0 aliphatic heterocycles. The fraction of sp³-hybridized carbons (Fsp3) is 1.00. The number of nitrogens with two attached hydrogens (primary N) is 1. The molecule has 2 aliphatic rings. The van der Waals surface area contributed by atoms with Crippen LogP contribution in [0, 0.1) is 11.8 Å². The van der Waals surface area contributed by atoms with Crippen molar-refractivity contribution in [3.8, 4) is 0 Å². The molecule has 2 atom stereocenters. The summed E-state index contributed by atoms with van der Waals surface area (Å²) in [5.41, 5.74) is 6.66. The van der Waals surface area contributed by atoms with Gasteiger partial charge in [-0.25, -0.2) is 0 Å². The highest BCUT2D eigenvalue weighted by Gasteiger charge is 2.35. The van der Waals surface area contributed by atoms with Gasteiger partial charge in [0.15, 0.2) is 0 Å². The van der Waals surface area contributed by atoms with E-state index in [2.05, 4.69) is 6.92 Å². The molecule has 0 heterocycles. The number of hydrogen-bond donors (Lipinski definition) is 1. The smallest absolute Gasteiger partial charge is 0.0159 e. The second kappa shape index (κ2) is 3.61. The molecule has 13 heavy (non-hydrogen) atoms. The zero-order chi connectivity index (χ0) is 9.31. The monoisotopic (exact) mass is 181 g/mol. The van der Waals surface area contributed by atoms with Gasteiger partial charge >= 0.3 is 0 Å². The summed E-state index contributed by atoms with van der Waals surface area (Å²) in [6.07, 6.45) is 11.1. The highest BCUT2D eigenvalue weighted by molar-refractivity contribution is 4.94. The molecule has 0 radical (unpaired) electrons. The number of hydrogen-bond acceptors (Lipinski definition) is 1. The van der Waals surface area contributed by atoms with Gasteiger partial charge in [0, 0.05) is 5.54 Å². The quantitative estimate of drug-likeness (QED) is 0.696. The number of rotatable bonds is 2. The van der Waals surface area contributed by atoms with Crippen LogP contribution in [-0.2, 0) is 0 Å². The first-order valence-electron chi connectivity index (χ1n) is 5.97. The summed E-state index contributed by atoms with van der Waals surface area (Å²) < 4.78 is 0. The summed E-state index contributed by atoms with van der Waals surface area (Å²) in [6, 6.07) is 0. The zero-order valence-corrected chi connectivity index (χ0v) is 8.89. The second-order valence-corrected chi connectivity index (χ2v) is 5.56. The SMILES string of the molecule is CC1CCC(N)(CC2CCCC2)C1. The minimum Gasteiger partial charge on any atom is -0.325 e. The summed E-state index contributed by atoms with van der Waals surface area (Å²) >= 11 is 0. The van der Waals surface area contributed by atoms with Crippen molar-refractivity contribution in [3.05, 3.63) is 0 Å². The van der Waals surface area contributed by atoms with Crippen LogP contribution in [0.1, 0.15) is 58.3 Å². The minimum atomic E-state index is 0.231. The van der Waals surface area contributed by atoms with Gasteiger partial charge in [0.2, 0.25) is 0 Å². The van der Waals surface area contributed by atoms with Crippen molar-refractivity contribution in [2.75, 3.05) is 0 Å². The molecule has 2 saturated carbocycles. The lowest BCUT2D eigenvalue weighted by molar-refractivity contribution is 0.316. The van der Waals surface area contributed by atoms with Crippen LogP contribution in [0.25, 0.3) is 0 Å². The Morgan fingerprint density at radius 3 is 2.46 bits per heavy atom. The summed E-state index contributed by atoms with van der Waals surface area (Å²) in [4.78, 5) is 0. The van der Waals surface area contributed by atoms with Crippen LogP contribution < -0.4 is 5.73 Å². The van der Waals surface area contributed by atoms with Gasteiger partial charge in [0.25, 0.3) is 0 Å². The molecule has 0 aromatic rings. The van der Waals surface area contributed by atoms with E-state index in [1.807, 2.05) is 0 Å². The lowest BCUT2D eigenvalue weighted by atomic mass is 9.85. The van der Waals surface area contributed by atoms with Crippen LogP contribution >= 0.6 is 0 Å². The summed E-state index contributed by atoms with van der Waals surface area (Å²) in [6.45, 7) is 2.35. The Bertz CT molecular complexity index is 172. The minimum absolute atomic E-state index is 0.231. The first-order valence-corrected chi connectivity index (χ1v) is 5.97. The van der Waals surface area contributed by atoms with Crippen molar-refractivity contribution in [2.45, 2.75) is 63.8 Å². The largest absolute Gasteiger partial charge is 0.325 e. The Kier molecular flexibility index (Phi) is 2.64. The molecule has 2 aliphatic carbocycles. The van der Waals surface area contributed by atoms with E-state index >= 15 is 0 Å². The average molecular weight is 181 g/mol. The van der Waals surface area contributed by atoms with Gasteiger partial charge in [-0.3, -0.25) is 0 Å². The standard InChI is InChI=1S/C12H23N/c1-10-6-7-12(13,8-10)9-11-4-2-3-5-11/h10-11H,2-9,13H2,1H3. The fourth-order valence-corrected chi connectivity index (χ4v) is 3.41. The summed E-state index contributed by atoms with van der Waals surface area (Å²) in [5, 5.41) is 0. The Hall–Kier alpha value is -0.0400. The van der Waals surface area contributed by atoms with Crippen molar-refractivity contribution in [2.24, 2.45) is 17.6 Å². The molecule has 2 N–H and O–H groups in total. The predicted molar refractivity (Wildman–Crippen MR) is 56.5 cm³/mol. The van der Waals surface area contributed by atoms with Crippen LogP contribution in [0.15, 0.2) is 0 Å². The second-order valence-electron chi connectivity index (χ2n) is 5.56. The van der Waals surface area contributed by atoms with Crippen LogP contribution in [0.5, 0.6) is 0 Å². The maximum atomic E-state index is 6.43. The molecule has 76 valence electrons. The van der Waals surface area contributed by atoms with E-state index in [1.165, 1.54) is 51.4 Å². The molecule has 1 heteroatoms. The molecule has 2 rings (SSSR count). The maximum absolute atomic E-state index is 6.43. The third kappa shape index (κ3) is 2.25. The highest BCUT2D eigenvalue weighted by atomic mass is 14.8. The Morgan fingerprint density at radius 1 is 1.23 bits per heavy atom. The normalized spacial score (nSPS) is 41.5. The summed E-state index contributed by atoms with van der Waals surface area (Å²) in [5.74, 6) is 1.85. The molecule has 0 amide bonds. The van der Waals surface area contributed by atoms with Gasteiger partial charge in [-0.1, -0.05) is 32.6 Å². The van der Waals surface area contributed by atoms with E-state index in [4.69, 9.17) is 5.73 Å². The van der Waals surface area contributed by atoms with Crippen molar-refractivity contribution in [3.63, 3.8) is 0 Å². The third-order valence-electron chi connectivity index (χ3n) is 4.06. The molecule has 1 nitrogen and oxygen atoms in total. The predicted octanol–water partition coefficient (Wildman–Crippen LogP) is 3.08. The first-order chi connectivity index (χ1) is 6.18. The van der Waals surface area contributed by atoms with Crippen molar-refractivity contribution >= 4 is 0 Å². The van der Waals surface area contributed by atoms with Crippen LogP contribution in [0.4, 0.5) is 0 Å². The highest BCUT2D eigenvalue weighted by Crippen LogP contribution is 2.40. The molecule has 0 aromatic carbocycles. The van der Waals surface area contributed by atoms with E-state index in [1.54, 1.807) is 0 Å². The topological polar surface area (TPSA) is 26.0 Å². The van der Waals surface area contributed by atoms with E-state index in [-0.39, 0.29) is 5.54 Å². The van der Waals surface area contributed by atoms with E-state index in [0.717, 1.165) is 11.8 Å². The summed E-state index contributed by atoms with van der Waals surface area (Å²) in [7, 11) is 0. The lowest BCUT2D eigenvalue weighted by Crippen LogP contribution is -2.38. The van der Waals surface area contributed by atoms with E-state index in [0.29, 0.717) is 0 Å². The molecule has 2 fully saturated rings. The van der Waals surface area contributed by atoms with E-state index in [9.17, 15) is 0 Å². The van der Waals surface area contributed by atoms with Gasteiger partial charge in [-0.05, 0) is 37.5 Å². The van der Waals surface area contributed by atoms with Gasteiger partial charge in [-0.15, -0.1) is 0 Å². The first kappa shape index (κ1) is 9.51. The molecule has 0 bridgehead atoms. The van der Waals surface area contributed by atoms with Gasteiger partial charge in [0.05, 0.1) is 0 Å². The molecule has 0 saturated heterocycles. The van der Waals surface area contributed by atoms with Gasteiger partial charge < -0.3 is 5.73 Å². The van der Waals surface area contributed by atoms with Crippen molar-refractivity contribution in [1.29, 1.82) is 0 Å². The average Bonchev–Trinajstić information content (AvgIpc) is 2.62. The Morgan fingerprint density at radius 2 is 1.92 bits per heavy atom. The van der Waals surface area contributed by atoms with Crippen LogP contribution in [0.2, 0.25) is 0 Å². The molecular formula is C12H23N. The van der Waals surface area contributed by atoms with Crippen LogP contribution in [-0.4, -0.2) is 5.54 Å². The van der Waals surface area contributed by atoms with Crippen LogP contribution in [0.3, 0.4) is 0 Å².